The molecule has 0 aromatic heterocycles. The maximum Gasteiger partial charge on any atom is -0.00203 e. The predicted molar refractivity (Wildman–Crippen MR) is 79.7 cm³/mol. The summed E-state index contributed by atoms with van der Waals surface area (Å²) in [6, 6.07) is 0. The molecule has 0 heterocycles. The quantitative estimate of drug-likeness (QED) is 0.671. The summed E-state index contributed by atoms with van der Waals surface area (Å²) in [7, 11) is 0. The van der Waals surface area contributed by atoms with Crippen LogP contribution in [0.2, 0.25) is 0 Å². The molecule has 0 radical (unpaired) electrons. The zero-order chi connectivity index (χ0) is 13.0. The molecule has 0 saturated heterocycles. The molecule has 1 heteroatoms. The lowest BCUT2D eigenvalue weighted by atomic mass is 9.81. The average molecular weight is 251 g/mol. The van der Waals surface area contributed by atoms with Crippen LogP contribution in [0.25, 0.3) is 0 Å². The van der Waals surface area contributed by atoms with Crippen LogP contribution in [0.3, 0.4) is 0 Å². The number of hydrogen-bond donors (Lipinski definition) is 1. The Balaban J connectivity index is 1.71. The summed E-state index contributed by atoms with van der Waals surface area (Å²) in [5.41, 5.74) is 0. The van der Waals surface area contributed by atoms with Gasteiger partial charge in [-0.1, -0.05) is 33.6 Å². The molecule has 1 nitrogen and oxygen atoms in total. The molecule has 0 aromatic rings. The zero-order valence-corrected chi connectivity index (χ0v) is 12.8. The van der Waals surface area contributed by atoms with Crippen molar-refractivity contribution in [2.75, 3.05) is 13.1 Å². The van der Waals surface area contributed by atoms with Crippen molar-refractivity contribution in [2.45, 2.75) is 65.7 Å². The van der Waals surface area contributed by atoms with Crippen LogP contribution < -0.4 is 5.32 Å². The highest BCUT2D eigenvalue weighted by Gasteiger charge is 2.39. The highest BCUT2D eigenvalue weighted by Crippen LogP contribution is 2.50. The number of fused-ring (bicyclic) bond motifs is 2. The largest absolute Gasteiger partial charge is 0.316 e. The zero-order valence-electron chi connectivity index (χ0n) is 12.8. The van der Waals surface area contributed by atoms with E-state index in [4.69, 9.17) is 0 Å². The molecule has 2 aliphatic rings. The van der Waals surface area contributed by atoms with Gasteiger partial charge in [-0.2, -0.15) is 0 Å². The second kappa shape index (κ2) is 6.93. The van der Waals surface area contributed by atoms with Crippen LogP contribution >= 0.6 is 0 Å². The normalized spacial score (nSPS) is 32.3. The fourth-order valence-corrected chi connectivity index (χ4v) is 4.38. The van der Waals surface area contributed by atoms with E-state index in [0.717, 1.165) is 29.6 Å². The monoisotopic (exact) mass is 251 g/mol. The van der Waals surface area contributed by atoms with Crippen molar-refractivity contribution in [3.63, 3.8) is 0 Å². The minimum atomic E-state index is 0.787. The van der Waals surface area contributed by atoms with Gasteiger partial charge in [0.05, 0.1) is 0 Å². The number of hydrogen-bond acceptors (Lipinski definition) is 1. The summed E-state index contributed by atoms with van der Waals surface area (Å²) in [6.45, 7) is 9.41. The van der Waals surface area contributed by atoms with Gasteiger partial charge in [-0.25, -0.2) is 0 Å². The Morgan fingerprint density at radius 1 is 1.11 bits per heavy atom. The summed E-state index contributed by atoms with van der Waals surface area (Å²) in [4.78, 5) is 0. The molecule has 0 aliphatic heterocycles. The fourth-order valence-electron chi connectivity index (χ4n) is 4.38. The van der Waals surface area contributed by atoms with Crippen molar-refractivity contribution >= 4 is 0 Å². The van der Waals surface area contributed by atoms with Crippen LogP contribution in [0.5, 0.6) is 0 Å². The van der Waals surface area contributed by atoms with Gasteiger partial charge in [0.1, 0.15) is 0 Å². The smallest absolute Gasteiger partial charge is 0.00203 e. The van der Waals surface area contributed by atoms with Crippen LogP contribution in [0.1, 0.15) is 65.7 Å². The van der Waals surface area contributed by atoms with E-state index in [1.54, 1.807) is 25.7 Å². The first kappa shape index (κ1) is 14.4. The molecule has 2 rings (SSSR count). The summed E-state index contributed by atoms with van der Waals surface area (Å²) in [5.74, 6) is 5.04. The Kier molecular flexibility index (Phi) is 5.54. The van der Waals surface area contributed by atoms with Crippen molar-refractivity contribution in [1.29, 1.82) is 0 Å². The van der Waals surface area contributed by atoms with Crippen molar-refractivity contribution in [1.82, 2.24) is 5.32 Å². The summed E-state index contributed by atoms with van der Waals surface area (Å²) in [5, 5.41) is 3.69. The Morgan fingerprint density at radius 2 is 1.94 bits per heavy atom. The van der Waals surface area contributed by atoms with Gasteiger partial charge in [-0.05, 0) is 74.8 Å². The van der Waals surface area contributed by atoms with Crippen molar-refractivity contribution in [2.24, 2.45) is 29.6 Å². The molecule has 0 amide bonds. The standard InChI is InChI=1S/C17H33N/c1-4-5-15(12-18-11-13(2)3)10-17-9-14-6-7-16(17)8-14/h13-18H,4-12H2,1-3H3. The van der Waals surface area contributed by atoms with E-state index in [-0.39, 0.29) is 0 Å². The number of nitrogens with one attached hydrogen (secondary N) is 1. The Labute approximate surface area is 114 Å². The van der Waals surface area contributed by atoms with Crippen molar-refractivity contribution in [3.8, 4) is 0 Å². The SMILES string of the molecule is CCCC(CNCC(C)C)CC1CC2CCC1C2. The van der Waals surface area contributed by atoms with Gasteiger partial charge in [0.25, 0.3) is 0 Å². The van der Waals surface area contributed by atoms with E-state index in [1.807, 2.05) is 0 Å². The molecule has 0 spiro atoms. The van der Waals surface area contributed by atoms with Gasteiger partial charge >= 0.3 is 0 Å². The molecular weight excluding hydrogens is 218 g/mol. The van der Waals surface area contributed by atoms with E-state index in [9.17, 15) is 0 Å². The van der Waals surface area contributed by atoms with E-state index in [1.165, 1.54) is 32.4 Å². The molecular formula is C17H33N. The lowest BCUT2D eigenvalue weighted by Crippen LogP contribution is -2.28. The lowest BCUT2D eigenvalue weighted by Gasteiger charge is -2.27. The maximum atomic E-state index is 3.69. The molecule has 106 valence electrons. The fraction of sp³-hybridized carbons (Fsp3) is 1.00. The molecule has 4 atom stereocenters. The van der Waals surface area contributed by atoms with Gasteiger partial charge in [-0.3, -0.25) is 0 Å². The molecule has 4 unspecified atom stereocenters. The van der Waals surface area contributed by atoms with E-state index < -0.39 is 0 Å². The van der Waals surface area contributed by atoms with Crippen LogP contribution in [0, 0.1) is 29.6 Å². The number of rotatable bonds is 8. The Hall–Kier alpha value is -0.0400. The van der Waals surface area contributed by atoms with Crippen LogP contribution in [0.4, 0.5) is 0 Å². The highest BCUT2D eigenvalue weighted by atomic mass is 14.9. The molecule has 2 bridgehead atoms. The van der Waals surface area contributed by atoms with E-state index >= 15 is 0 Å². The van der Waals surface area contributed by atoms with Gasteiger partial charge < -0.3 is 5.32 Å². The molecule has 2 fully saturated rings. The van der Waals surface area contributed by atoms with Gasteiger partial charge in [0.2, 0.25) is 0 Å². The predicted octanol–water partition coefficient (Wildman–Crippen LogP) is 4.47. The second-order valence-corrected chi connectivity index (χ2v) is 7.38. The Bertz CT molecular complexity index is 236. The first-order valence-electron chi connectivity index (χ1n) is 8.39. The van der Waals surface area contributed by atoms with Crippen molar-refractivity contribution in [3.05, 3.63) is 0 Å². The van der Waals surface area contributed by atoms with E-state index in [2.05, 4.69) is 26.1 Å². The third kappa shape index (κ3) is 3.98. The van der Waals surface area contributed by atoms with Crippen LogP contribution in [0.15, 0.2) is 0 Å². The third-order valence-electron chi connectivity index (χ3n) is 5.20. The maximum absolute atomic E-state index is 3.69. The first-order chi connectivity index (χ1) is 8.69. The van der Waals surface area contributed by atoms with Crippen LogP contribution in [-0.4, -0.2) is 13.1 Å². The van der Waals surface area contributed by atoms with Gasteiger partial charge in [0, 0.05) is 0 Å². The molecule has 1 N–H and O–H groups in total. The van der Waals surface area contributed by atoms with E-state index in [0.29, 0.717) is 0 Å². The Morgan fingerprint density at radius 3 is 2.50 bits per heavy atom. The highest BCUT2D eigenvalue weighted by molar-refractivity contribution is 4.90. The van der Waals surface area contributed by atoms with Gasteiger partial charge in [-0.15, -0.1) is 0 Å². The second-order valence-electron chi connectivity index (χ2n) is 7.38. The summed E-state index contributed by atoms with van der Waals surface area (Å²) < 4.78 is 0. The lowest BCUT2D eigenvalue weighted by molar-refractivity contribution is 0.253. The molecule has 2 aliphatic carbocycles. The topological polar surface area (TPSA) is 12.0 Å². The molecule has 0 aromatic carbocycles. The van der Waals surface area contributed by atoms with Gasteiger partial charge in [0.15, 0.2) is 0 Å². The van der Waals surface area contributed by atoms with Crippen LogP contribution in [-0.2, 0) is 0 Å². The minimum Gasteiger partial charge on any atom is -0.316 e. The molecule has 2 saturated carbocycles. The first-order valence-corrected chi connectivity index (χ1v) is 8.39. The third-order valence-corrected chi connectivity index (χ3v) is 5.20. The minimum absolute atomic E-state index is 0.787. The summed E-state index contributed by atoms with van der Waals surface area (Å²) >= 11 is 0. The summed E-state index contributed by atoms with van der Waals surface area (Å²) in [6.07, 6.45) is 10.5. The average Bonchev–Trinajstić information content (AvgIpc) is 2.90. The van der Waals surface area contributed by atoms with Crippen molar-refractivity contribution < 1.29 is 0 Å². The molecule has 18 heavy (non-hydrogen) atoms.